The van der Waals surface area contributed by atoms with Crippen LogP contribution in [0.3, 0.4) is 0 Å². The summed E-state index contributed by atoms with van der Waals surface area (Å²) >= 11 is 0. The van der Waals surface area contributed by atoms with Gasteiger partial charge in [-0.25, -0.2) is 24.4 Å². The number of rotatable bonds is 6. The van der Waals surface area contributed by atoms with Gasteiger partial charge in [0.1, 0.15) is 11.4 Å². The predicted octanol–water partition coefficient (Wildman–Crippen LogP) is 5.41. The number of hydrogen-bond acceptors (Lipinski definition) is 7. The molecule has 0 aliphatic heterocycles. The monoisotopic (exact) mass is 464 g/mol. The van der Waals surface area contributed by atoms with Crippen molar-refractivity contribution in [2.75, 3.05) is 11.9 Å². The maximum Gasteiger partial charge on any atom is 0.343 e. The molecule has 0 amide bonds. The Bertz CT molecular complexity index is 1530. The normalized spacial score (nSPS) is 10.9. The van der Waals surface area contributed by atoms with Crippen LogP contribution in [0.4, 0.5) is 11.5 Å². The molecule has 8 heteroatoms. The van der Waals surface area contributed by atoms with E-state index in [4.69, 9.17) is 4.74 Å². The van der Waals surface area contributed by atoms with Crippen molar-refractivity contribution < 1.29 is 9.53 Å². The average molecular weight is 465 g/mol. The first kappa shape index (κ1) is 22.2. The van der Waals surface area contributed by atoms with E-state index in [2.05, 4.69) is 25.4 Å². The Hall–Kier alpha value is -4.59. The summed E-state index contributed by atoms with van der Waals surface area (Å²) in [5.41, 5.74) is 5.39. The largest absolute Gasteiger partial charge is 0.462 e. The number of esters is 1. The van der Waals surface area contributed by atoms with Crippen molar-refractivity contribution in [1.29, 1.82) is 0 Å². The molecule has 0 bridgehead atoms. The minimum Gasteiger partial charge on any atom is -0.462 e. The second kappa shape index (κ2) is 9.34. The third-order valence-corrected chi connectivity index (χ3v) is 5.53. The van der Waals surface area contributed by atoms with Crippen molar-refractivity contribution in [2.45, 2.75) is 20.8 Å². The van der Waals surface area contributed by atoms with Crippen LogP contribution in [-0.2, 0) is 4.74 Å². The number of ether oxygens (including phenoxy) is 1. The molecule has 174 valence electrons. The van der Waals surface area contributed by atoms with Crippen molar-refractivity contribution in [1.82, 2.24) is 24.7 Å². The number of fused-ring (bicyclic) bond motifs is 1. The molecule has 0 atom stereocenters. The number of anilines is 2. The third-order valence-electron chi connectivity index (χ3n) is 5.53. The molecule has 5 rings (SSSR count). The van der Waals surface area contributed by atoms with Crippen LogP contribution in [0.1, 0.15) is 28.5 Å². The molecule has 0 aliphatic rings. The lowest BCUT2D eigenvalue weighted by atomic mass is 10.1. The molecule has 0 fully saturated rings. The topological polar surface area (TPSA) is 94.8 Å². The van der Waals surface area contributed by atoms with Gasteiger partial charge in [-0.3, -0.25) is 0 Å². The standard InChI is InChI=1S/C27H24N6O2/c1-4-35-27(34)23-16-28-24(19-10-8-9-17(2)13-19)31-25(23)30-20-14-22-18(3)32-33(26(22)29-15-20)21-11-6-5-7-12-21/h5-16H,4H2,1-3H3,(H,28,30,31). The smallest absolute Gasteiger partial charge is 0.343 e. The van der Waals surface area contributed by atoms with Crippen LogP contribution in [0.25, 0.3) is 28.1 Å². The zero-order valence-electron chi connectivity index (χ0n) is 19.7. The predicted molar refractivity (Wildman–Crippen MR) is 135 cm³/mol. The van der Waals surface area contributed by atoms with E-state index in [0.29, 0.717) is 17.3 Å². The number of para-hydroxylation sites is 1. The molecule has 0 saturated carbocycles. The molecule has 2 aromatic carbocycles. The highest BCUT2D eigenvalue weighted by Gasteiger charge is 2.18. The fourth-order valence-corrected chi connectivity index (χ4v) is 3.86. The van der Waals surface area contributed by atoms with Crippen molar-refractivity contribution in [3.63, 3.8) is 0 Å². The van der Waals surface area contributed by atoms with Crippen LogP contribution in [-0.4, -0.2) is 37.3 Å². The molecule has 0 saturated heterocycles. The van der Waals surface area contributed by atoms with Gasteiger partial charge in [0.25, 0.3) is 0 Å². The van der Waals surface area contributed by atoms with Gasteiger partial charge in [0, 0.05) is 17.1 Å². The van der Waals surface area contributed by atoms with Crippen LogP contribution < -0.4 is 5.32 Å². The third kappa shape index (κ3) is 4.46. The van der Waals surface area contributed by atoms with Gasteiger partial charge >= 0.3 is 5.97 Å². The first-order chi connectivity index (χ1) is 17.0. The molecule has 8 nitrogen and oxygen atoms in total. The highest BCUT2D eigenvalue weighted by Crippen LogP contribution is 2.27. The Morgan fingerprint density at radius 1 is 1.00 bits per heavy atom. The van der Waals surface area contributed by atoms with E-state index in [0.717, 1.165) is 33.5 Å². The molecule has 3 aromatic heterocycles. The van der Waals surface area contributed by atoms with Crippen molar-refractivity contribution in [2.24, 2.45) is 0 Å². The molecule has 0 aliphatic carbocycles. The fourth-order valence-electron chi connectivity index (χ4n) is 3.86. The Kier molecular flexibility index (Phi) is 5.93. The summed E-state index contributed by atoms with van der Waals surface area (Å²) in [5.74, 6) is 0.364. The van der Waals surface area contributed by atoms with Gasteiger partial charge in [0.2, 0.25) is 0 Å². The van der Waals surface area contributed by atoms with Gasteiger partial charge in [-0.2, -0.15) is 5.10 Å². The van der Waals surface area contributed by atoms with E-state index in [9.17, 15) is 4.79 Å². The molecular weight excluding hydrogens is 440 g/mol. The highest BCUT2D eigenvalue weighted by atomic mass is 16.5. The van der Waals surface area contributed by atoms with E-state index >= 15 is 0 Å². The van der Waals surface area contributed by atoms with Crippen LogP contribution in [0.15, 0.2) is 73.1 Å². The van der Waals surface area contributed by atoms with Crippen LogP contribution in [0.2, 0.25) is 0 Å². The maximum absolute atomic E-state index is 12.6. The summed E-state index contributed by atoms with van der Waals surface area (Å²) in [6, 6.07) is 19.7. The first-order valence-corrected chi connectivity index (χ1v) is 11.3. The summed E-state index contributed by atoms with van der Waals surface area (Å²) in [4.78, 5) is 26.4. The number of carbonyl (C=O) groups is 1. The molecule has 3 heterocycles. The number of carbonyl (C=O) groups excluding carboxylic acids is 1. The van der Waals surface area contributed by atoms with Crippen molar-refractivity contribution >= 4 is 28.5 Å². The minimum absolute atomic E-state index is 0.250. The molecule has 0 unspecified atom stereocenters. The van der Waals surface area contributed by atoms with Gasteiger partial charge in [-0.1, -0.05) is 42.0 Å². The molecular formula is C27H24N6O2. The summed E-state index contributed by atoms with van der Waals surface area (Å²) in [6.07, 6.45) is 3.20. The number of hydrogen-bond donors (Lipinski definition) is 1. The van der Waals surface area contributed by atoms with Crippen LogP contribution in [0.5, 0.6) is 0 Å². The molecule has 5 aromatic rings. The van der Waals surface area contributed by atoms with Gasteiger partial charge in [0.15, 0.2) is 11.5 Å². The quantitative estimate of drug-likeness (QED) is 0.336. The molecule has 1 N–H and O–H groups in total. The number of aryl methyl sites for hydroxylation is 2. The van der Waals surface area contributed by atoms with E-state index in [1.165, 1.54) is 6.20 Å². The summed E-state index contributed by atoms with van der Waals surface area (Å²) in [6.45, 7) is 5.97. The number of aromatic nitrogens is 5. The van der Waals surface area contributed by atoms with Gasteiger partial charge in [0.05, 0.1) is 29.9 Å². The average Bonchev–Trinajstić information content (AvgIpc) is 3.20. The zero-order chi connectivity index (χ0) is 24.4. The lowest BCUT2D eigenvalue weighted by Crippen LogP contribution is -2.11. The number of benzene rings is 2. The number of pyridine rings is 1. The zero-order valence-corrected chi connectivity index (χ0v) is 19.7. The molecule has 35 heavy (non-hydrogen) atoms. The Morgan fingerprint density at radius 3 is 2.60 bits per heavy atom. The van der Waals surface area contributed by atoms with E-state index in [-0.39, 0.29) is 12.2 Å². The summed E-state index contributed by atoms with van der Waals surface area (Å²) in [5, 5.41) is 8.81. The second-order valence-corrected chi connectivity index (χ2v) is 8.10. The van der Waals surface area contributed by atoms with Crippen molar-refractivity contribution in [3.05, 3.63) is 89.9 Å². The highest BCUT2D eigenvalue weighted by molar-refractivity contribution is 5.96. The second-order valence-electron chi connectivity index (χ2n) is 8.10. The first-order valence-electron chi connectivity index (χ1n) is 11.3. The Morgan fingerprint density at radius 2 is 1.83 bits per heavy atom. The number of nitrogens with one attached hydrogen (secondary N) is 1. The van der Waals surface area contributed by atoms with Gasteiger partial charge in [-0.15, -0.1) is 0 Å². The number of nitrogens with zero attached hydrogens (tertiary/aromatic N) is 5. The lowest BCUT2D eigenvalue weighted by Gasteiger charge is -2.12. The minimum atomic E-state index is -0.493. The Balaban J connectivity index is 1.56. The van der Waals surface area contributed by atoms with Crippen LogP contribution >= 0.6 is 0 Å². The van der Waals surface area contributed by atoms with Gasteiger partial charge < -0.3 is 10.1 Å². The SMILES string of the molecule is CCOC(=O)c1cnc(-c2cccc(C)c2)nc1Nc1cnc2c(c1)c(C)nn2-c1ccccc1. The molecule has 0 spiro atoms. The van der Waals surface area contributed by atoms with Crippen LogP contribution in [0, 0.1) is 13.8 Å². The lowest BCUT2D eigenvalue weighted by molar-refractivity contribution is 0.0526. The maximum atomic E-state index is 12.6. The van der Waals surface area contributed by atoms with E-state index in [1.54, 1.807) is 13.1 Å². The van der Waals surface area contributed by atoms with Crippen molar-refractivity contribution in [3.8, 4) is 17.1 Å². The summed E-state index contributed by atoms with van der Waals surface area (Å²) < 4.78 is 7.04. The Labute approximate surface area is 202 Å². The fraction of sp³-hybridized carbons (Fsp3) is 0.148. The van der Waals surface area contributed by atoms with E-state index in [1.807, 2.05) is 79.2 Å². The van der Waals surface area contributed by atoms with Gasteiger partial charge in [-0.05, 0) is 45.0 Å². The molecule has 0 radical (unpaired) electrons. The van der Waals surface area contributed by atoms with E-state index < -0.39 is 5.97 Å². The summed E-state index contributed by atoms with van der Waals surface area (Å²) in [7, 11) is 0.